The van der Waals surface area contributed by atoms with E-state index in [-0.39, 0.29) is 5.56 Å². The molecule has 0 aliphatic heterocycles. The molecule has 0 saturated carbocycles. The number of hydrogen-bond donors (Lipinski definition) is 1. The number of nitro benzene ring substituents is 1. The molecule has 0 atom stereocenters. The molecule has 7 heteroatoms. The minimum atomic E-state index is -4.84. The zero-order chi connectivity index (χ0) is 14.3. The lowest BCUT2D eigenvalue weighted by molar-refractivity contribution is -0.386. The van der Waals surface area contributed by atoms with Gasteiger partial charge in [-0.15, -0.1) is 0 Å². The van der Waals surface area contributed by atoms with Gasteiger partial charge in [-0.25, -0.2) is 0 Å². The van der Waals surface area contributed by atoms with Gasteiger partial charge < -0.3 is 5.11 Å². The Morgan fingerprint density at radius 1 is 1.22 bits per heavy atom. The second-order valence-electron chi connectivity index (χ2n) is 4.90. The quantitative estimate of drug-likeness (QED) is 0.621. The lowest BCUT2D eigenvalue weighted by atomic mass is 9.85. The maximum atomic E-state index is 12.7. The van der Waals surface area contributed by atoms with Crippen molar-refractivity contribution in [2.75, 3.05) is 0 Å². The monoisotopic (exact) mass is 263 g/mol. The van der Waals surface area contributed by atoms with Crippen LogP contribution in [0.25, 0.3) is 0 Å². The molecule has 1 rings (SSSR count). The molecule has 0 aliphatic carbocycles. The van der Waals surface area contributed by atoms with Gasteiger partial charge in [-0.1, -0.05) is 20.8 Å². The Hall–Kier alpha value is -1.79. The highest BCUT2D eigenvalue weighted by Crippen LogP contribution is 2.43. The lowest BCUT2D eigenvalue weighted by Crippen LogP contribution is -2.15. The number of halogens is 3. The molecule has 1 N–H and O–H groups in total. The van der Waals surface area contributed by atoms with E-state index in [9.17, 15) is 28.4 Å². The normalized spacial score (nSPS) is 12.6. The second kappa shape index (κ2) is 4.15. The van der Waals surface area contributed by atoms with Gasteiger partial charge in [0.2, 0.25) is 5.75 Å². The number of phenolic OH excluding ortho intramolecular Hbond substituents is 1. The van der Waals surface area contributed by atoms with Gasteiger partial charge in [0.1, 0.15) is 5.56 Å². The maximum absolute atomic E-state index is 12.7. The van der Waals surface area contributed by atoms with Crippen molar-refractivity contribution in [2.45, 2.75) is 32.4 Å². The molecule has 0 aromatic heterocycles. The van der Waals surface area contributed by atoms with Crippen molar-refractivity contribution in [3.05, 3.63) is 33.4 Å². The molecule has 0 bridgehead atoms. The van der Waals surface area contributed by atoms with E-state index in [0.29, 0.717) is 0 Å². The summed E-state index contributed by atoms with van der Waals surface area (Å²) in [5.74, 6) is -1.35. The number of phenols is 1. The molecule has 18 heavy (non-hydrogen) atoms. The first-order valence-corrected chi connectivity index (χ1v) is 5.03. The van der Waals surface area contributed by atoms with Crippen molar-refractivity contribution >= 4 is 5.69 Å². The first kappa shape index (κ1) is 14.3. The van der Waals surface area contributed by atoms with Crippen LogP contribution in [0.15, 0.2) is 12.1 Å². The Morgan fingerprint density at radius 3 is 2.06 bits per heavy atom. The highest BCUT2D eigenvalue weighted by atomic mass is 19.4. The van der Waals surface area contributed by atoms with E-state index in [2.05, 4.69) is 0 Å². The average Bonchev–Trinajstić information content (AvgIpc) is 2.13. The molecule has 1 aromatic rings. The van der Waals surface area contributed by atoms with Gasteiger partial charge >= 0.3 is 11.9 Å². The largest absolute Gasteiger partial charge is 0.502 e. The SMILES string of the molecule is CC(C)(C)c1cc([N+](=O)[O-])c(O)c(C(F)(F)F)c1. The zero-order valence-corrected chi connectivity index (χ0v) is 10.00. The van der Waals surface area contributed by atoms with Crippen LogP contribution in [-0.4, -0.2) is 10.0 Å². The molecular weight excluding hydrogens is 251 g/mol. The van der Waals surface area contributed by atoms with Crippen molar-refractivity contribution in [3.8, 4) is 5.75 Å². The van der Waals surface area contributed by atoms with Crippen LogP contribution in [0.5, 0.6) is 5.75 Å². The average molecular weight is 263 g/mol. The number of rotatable bonds is 1. The van der Waals surface area contributed by atoms with E-state index in [1.54, 1.807) is 20.8 Å². The fourth-order valence-corrected chi connectivity index (χ4v) is 1.41. The third kappa shape index (κ3) is 2.72. The number of hydrogen-bond acceptors (Lipinski definition) is 3. The summed E-state index contributed by atoms with van der Waals surface area (Å²) in [5, 5.41) is 20.0. The number of benzene rings is 1. The Morgan fingerprint density at radius 2 is 1.72 bits per heavy atom. The van der Waals surface area contributed by atoms with Gasteiger partial charge in [0, 0.05) is 6.07 Å². The molecular formula is C11H12F3NO3. The molecule has 0 heterocycles. The van der Waals surface area contributed by atoms with Gasteiger partial charge in [0.15, 0.2) is 0 Å². The van der Waals surface area contributed by atoms with Gasteiger partial charge in [0.05, 0.1) is 4.92 Å². The van der Waals surface area contributed by atoms with Gasteiger partial charge in [-0.3, -0.25) is 10.1 Å². The fraction of sp³-hybridized carbons (Fsp3) is 0.455. The predicted octanol–water partition coefficient (Wildman–Crippen LogP) is 3.62. The van der Waals surface area contributed by atoms with E-state index in [0.717, 1.165) is 12.1 Å². The Labute approximate surface area is 101 Å². The first-order valence-electron chi connectivity index (χ1n) is 5.03. The molecule has 0 spiro atoms. The van der Waals surface area contributed by atoms with Crippen LogP contribution >= 0.6 is 0 Å². The molecule has 1 aromatic carbocycles. The van der Waals surface area contributed by atoms with E-state index in [1.807, 2.05) is 0 Å². The summed E-state index contributed by atoms with van der Waals surface area (Å²) in [5.41, 5.74) is -2.88. The number of nitrogens with zero attached hydrogens (tertiary/aromatic N) is 1. The van der Waals surface area contributed by atoms with E-state index in [1.165, 1.54) is 0 Å². The summed E-state index contributed by atoms with van der Waals surface area (Å²) in [6.45, 7) is 4.88. The third-order valence-electron chi connectivity index (χ3n) is 2.46. The third-order valence-corrected chi connectivity index (χ3v) is 2.46. The summed E-state index contributed by atoms with van der Waals surface area (Å²) in [6, 6.07) is 1.70. The fourth-order valence-electron chi connectivity index (χ4n) is 1.41. The standard InChI is InChI=1S/C11H12F3NO3/c1-10(2,3)6-4-7(11(12,13)14)9(16)8(5-6)15(17)18/h4-5,16H,1-3H3. The second-order valence-corrected chi connectivity index (χ2v) is 4.90. The Bertz CT molecular complexity index is 490. The molecule has 0 saturated heterocycles. The molecule has 4 nitrogen and oxygen atoms in total. The Kier molecular flexibility index (Phi) is 3.29. The van der Waals surface area contributed by atoms with Crippen LogP contribution in [0.1, 0.15) is 31.9 Å². The summed E-state index contributed by atoms with van der Waals surface area (Å²) in [4.78, 5) is 9.63. The van der Waals surface area contributed by atoms with E-state index < -0.39 is 33.5 Å². The molecule has 0 amide bonds. The van der Waals surface area contributed by atoms with Crippen LogP contribution in [0.4, 0.5) is 18.9 Å². The van der Waals surface area contributed by atoms with E-state index in [4.69, 9.17) is 0 Å². The van der Waals surface area contributed by atoms with Gasteiger partial charge in [-0.05, 0) is 17.0 Å². The van der Waals surface area contributed by atoms with Crippen molar-refractivity contribution < 1.29 is 23.2 Å². The maximum Gasteiger partial charge on any atom is 0.420 e. The van der Waals surface area contributed by atoms with Gasteiger partial charge in [-0.2, -0.15) is 13.2 Å². The van der Waals surface area contributed by atoms with Crippen LogP contribution in [0, 0.1) is 10.1 Å². The summed E-state index contributed by atoms with van der Waals surface area (Å²) >= 11 is 0. The number of nitro groups is 1. The van der Waals surface area contributed by atoms with Crippen LogP contribution in [0.3, 0.4) is 0 Å². The first-order chi connectivity index (χ1) is 7.94. The highest BCUT2D eigenvalue weighted by Gasteiger charge is 2.38. The predicted molar refractivity (Wildman–Crippen MR) is 58.5 cm³/mol. The van der Waals surface area contributed by atoms with Crippen molar-refractivity contribution in [3.63, 3.8) is 0 Å². The lowest BCUT2D eigenvalue weighted by Gasteiger charge is -2.21. The number of alkyl halides is 3. The smallest absolute Gasteiger partial charge is 0.420 e. The molecule has 0 unspecified atom stereocenters. The Balaban J connectivity index is 3.63. The summed E-state index contributed by atoms with van der Waals surface area (Å²) in [7, 11) is 0. The summed E-state index contributed by atoms with van der Waals surface area (Å²) < 4.78 is 38.0. The van der Waals surface area contributed by atoms with Gasteiger partial charge in [0.25, 0.3) is 0 Å². The van der Waals surface area contributed by atoms with Crippen LogP contribution < -0.4 is 0 Å². The molecule has 100 valence electrons. The minimum Gasteiger partial charge on any atom is -0.502 e. The van der Waals surface area contributed by atoms with Crippen molar-refractivity contribution in [1.82, 2.24) is 0 Å². The number of aromatic hydroxyl groups is 1. The van der Waals surface area contributed by atoms with Crippen LogP contribution in [0.2, 0.25) is 0 Å². The van der Waals surface area contributed by atoms with Crippen molar-refractivity contribution in [2.24, 2.45) is 0 Å². The molecule has 0 radical (unpaired) electrons. The van der Waals surface area contributed by atoms with Crippen molar-refractivity contribution in [1.29, 1.82) is 0 Å². The van der Waals surface area contributed by atoms with E-state index >= 15 is 0 Å². The minimum absolute atomic E-state index is 0.138. The molecule has 0 fully saturated rings. The summed E-state index contributed by atoms with van der Waals surface area (Å²) in [6.07, 6.45) is -4.84. The highest BCUT2D eigenvalue weighted by molar-refractivity contribution is 5.55. The zero-order valence-electron chi connectivity index (χ0n) is 10.00. The topological polar surface area (TPSA) is 63.4 Å². The molecule has 0 aliphatic rings. The van der Waals surface area contributed by atoms with Crippen LogP contribution in [-0.2, 0) is 11.6 Å².